The fourth-order valence-corrected chi connectivity index (χ4v) is 5.04. The Labute approximate surface area is 226 Å². The van der Waals surface area contributed by atoms with Crippen LogP contribution >= 0.6 is 23.2 Å². The minimum atomic E-state index is -0.770. The molecule has 0 saturated heterocycles. The highest BCUT2D eigenvalue weighted by Gasteiger charge is 2.23. The average molecular weight is 554 g/mol. The Bertz CT molecular complexity index is 1630. The summed E-state index contributed by atoms with van der Waals surface area (Å²) in [6.07, 6.45) is 3.22. The standard InChI is InChI=1S/C29H20Cl2F3N3O/c30-18-3-5-22(25(31)12-18)23-2-1-7-35-29(23)27(10-16-8-20(33)13-21(34)9-16)37-28(38)11-17-15-36-26-6-4-19(32)14-24(17)26/h1-9,12-15,27,36H,10-11H2,(H,37,38)/t27-/m0/s1. The molecule has 0 spiro atoms. The van der Waals surface area contributed by atoms with Crippen LogP contribution in [0.3, 0.4) is 0 Å². The fraction of sp³-hybridized carbons (Fsp3) is 0.103. The maximum Gasteiger partial charge on any atom is 0.225 e. The number of hydrogen-bond donors (Lipinski definition) is 2. The summed E-state index contributed by atoms with van der Waals surface area (Å²) in [5.41, 5.74) is 3.36. The Hall–Kier alpha value is -3.81. The molecule has 9 heteroatoms. The molecule has 38 heavy (non-hydrogen) atoms. The third kappa shape index (κ3) is 5.69. The lowest BCUT2D eigenvalue weighted by Crippen LogP contribution is -2.32. The van der Waals surface area contributed by atoms with Gasteiger partial charge in [0.15, 0.2) is 0 Å². The smallest absolute Gasteiger partial charge is 0.225 e. The molecule has 0 aliphatic rings. The predicted molar refractivity (Wildman–Crippen MR) is 143 cm³/mol. The molecule has 0 aliphatic heterocycles. The van der Waals surface area contributed by atoms with Crippen molar-refractivity contribution in [3.8, 4) is 11.1 Å². The fourth-order valence-electron chi connectivity index (χ4n) is 4.53. The van der Waals surface area contributed by atoms with Gasteiger partial charge in [-0.25, -0.2) is 13.2 Å². The average Bonchev–Trinajstić information content (AvgIpc) is 3.24. The molecule has 0 fully saturated rings. The van der Waals surface area contributed by atoms with Crippen LogP contribution in [0.15, 0.2) is 79.1 Å². The SMILES string of the molecule is O=C(Cc1c[nH]c2ccc(F)cc12)N[C@@H](Cc1cc(F)cc(F)c1)c1ncccc1-c1ccc(Cl)cc1Cl. The van der Waals surface area contributed by atoms with Crippen molar-refractivity contribution in [2.45, 2.75) is 18.9 Å². The number of carbonyl (C=O) groups is 1. The third-order valence-electron chi connectivity index (χ3n) is 6.17. The molecule has 192 valence electrons. The largest absolute Gasteiger partial charge is 0.361 e. The molecular formula is C29H20Cl2F3N3O. The molecule has 2 N–H and O–H groups in total. The van der Waals surface area contributed by atoms with Crippen molar-refractivity contribution in [3.05, 3.63) is 123 Å². The van der Waals surface area contributed by atoms with Gasteiger partial charge in [0, 0.05) is 50.5 Å². The molecule has 0 saturated carbocycles. The van der Waals surface area contributed by atoms with Gasteiger partial charge in [0.25, 0.3) is 0 Å². The number of aromatic nitrogens is 2. The number of nitrogens with zero attached hydrogens (tertiary/aromatic N) is 1. The van der Waals surface area contributed by atoms with Crippen LogP contribution in [-0.4, -0.2) is 15.9 Å². The van der Waals surface area contributed by atoms with Crippen LogP contribution in [-0.2, 0) is 17.6 Å². The highest BCUT2D eigenvalue weighted by Crippen LogP contribution is 2.35. The number of aromatic amines is 1. The molecule has 3 aromatic carbocycles. The Morgan fingerprint density at radius 1 is 0.921 bits per heavy atom. The number of rotatable bonds is 7. The maximum absolute atomic E-state index is 14.0. The maximum atomic E-state index is 14.0. The number of halogens is 5. The molecule has 2 heterocycles. The molecular weight excluding hydrogens is 534 g/mol. The molecule has 0 aliphatic carbocycles. The first kappa shape index (κ1) is 25.8. The predicted octanol–water partition coefficient (Wildman–Crippen LogP) is 7.60. The summed E-state index contributed by atoms with van der Waals surface area (Å²) in [4.78, 5) is 20.8. The quantitative estimate of drug-likeness (QED) is 0.218. The molecule has 4 nitrogen and oxygen atoms in total. The molecule has 0 radical (unpaired) electrons. The monoisotopic (exact) mass is 553 g/mol. The molecule has 0 unspecified atom stereocenters. The van der Waals surface area contributed by atoms with E-state index in [2.05, 4.69) is 15.3 Å². The minimum absolute atomic E-state index is 0.0537. The van der Waals surface area contributed by atoms with Gasteiger partial charge in [-0.15, -0.1) is 0 Å². The number of H-pyrrole nitrogens is 1. The first-order valence-electron chi connectivity index (χ1n) is 11.7. The van der Waals surface area contributed by atoms with E-state index in [1.807, 2.05) is 0 Å². The number of amides is 1. The number of pyridine rings is 1. The van der Waals surface area contributed by atoms with E-state index >= 15 is 0 Å². The molecule has 2 aromatic heterocycles. The second kappa shape index (κ2) is 10.9. The van der Waals surface area contributed by atoms with E-state index in [9.17, 15) is 18.0 Å². The lowest BCUT2D eigenvalue weighted by atomic mass is 9.95. The zero-order chi connectivity index (χ0) is 26.8. The van der Waals surface area contributed by atoms with Gasteiger partial charge in [-0.05, 0) is 66.1 Å². The summed E-state index contributed by atoms with van der Waals surface area (Å²) in [5, 5.41) is 4.39. The van der Waals surface area contributed by atoms with Gasteiger partial charge in [0.05, 0.1) is 18.2 Å². The van der Waals surface area contributed by atoms with Gasteiger partial charge in [-0.2, -0.15) is 0 Å². The van der Waals surface area contributed by atoms with Gasteiger partial charge < -0.3 is 10.3 Å². The van der Waals surface area contributed by atoms with Crippen LogP contribution in [0.2, 0.25) is 10.0 Å². The molecule has 5 rings (SSSR count). The first-order chi connectivity index (χ1) is 18.3. The van der Waals surface area contributed by atoms with Crippen LogP contribution in [0.25, 0.3) is 22.0 Å². The summed E-state index contributed by atoms with van der Waals surface area (Å²) in [7, 11) is 0. The van der Waals surface area contributed by atoms with Crippen molar-refractivity contribution in [2.75, 3.05) is 0 Å². The van der Waals surface area contributed by atoms with Crippen LogP contribution in [0.5, 0.6) is 0 Å². The highest BCUT2D eigenvalue weighted by atomic mass is 35.5. The van der Waals surface area contributed by atoms with E-state index in [0.717, 1.165) is 6.07 Å². The zero-order valence-electron chi connectivity index (χ0n) is 19.7. The first-order valence-corrected chi connectivity index (χ1v) is 12.4. The van der Waals surface area contributed by atoms with Crippen molar-refractivity contribution < 1.29 is 18.0 Å². The van der Waals surface area contributed by atoms with E-state index < -0.39 is 23.5 Å². The summed E-state index contributed by atoms with van der Waals surface area (Å²) in [5.74, 6) is -2.25. The second-order valence-electron chi connectivity index (χ2n) is 8.84. The summed E-state index contributed by atoms with van der Waals surface area (Å²) in [6.45, 7) is 0. The Balaban J connectivity index is 1.52. The Kier molecular flexibility index (Phi) is 7.40. The minimum Gasteiger partial charge on any atom is -0.361 e. The van der Waals surface area contributed by atoms with Crippen LogP contribution in [0.4, 0.5) is 13.2 Å². The van der Waals surface area contributed by atoms with Gasteiger partial charge in [-0.1, -0.05) is 35.3 Å². The third-order valence-corrected chi connectivity index (χ3v) is 6.72. The van der Waals surface area contributed by atoms with Crippen molar-refractivity contribution in [1.29, 1.82) is 0 Å². The van der Waals surface area contributed by atoms with Crippen LogP contribution < -0.4 is 5.32 Å². The Morgan fingerprint density at radius 3 is 2.47 bits per heavy atom. The summed E-state index contributed by atoms with van der Waals surface area (Å²) in [6, 6.07) is 15.3. The molecule has 1 atom stereocenters. The van der Waals surface area contributed by atoms with E-state index in [1.165, 1.54) is 24.3 Å². The van der Waals surface area contributed by atoms with Crippen LogP contribution in [0.1, 0.15) is 22.9 Å². The van der Waals surface area contributed by atoms with Gasteiger partial charge in [-0.3, -0.25) is 9.78 Å². The van der Waals surface area contributed by atoms with Crippen molar-refractivity contribution in [2.24, 2.45) is 0 Å². The van der Waals surface area contributed by atoms with Gasteiger partial charge in [0.2, 0.25) is 5.91 Å². The molecule has 5 aromatic rings. The van der Waals surface area contributed by atoms with Gasteiger partial charge >= 0.3 is 0 Å². The normalized spacial score (nSPS) is 12.0. The summed E-state index contributed by atoms with van der Waals surface area (Å²) >= 11 is 12.6. The van der Waals surface area contributed by atoms with Crippen molar-refractivity contribution in [1.82, 2.24) is 15.3 Å². The number of carbonyl (C=O) groups excluding carboxylic acids is 1. The number of nitrogens with one attached hydrogen (secondary N) is 2. The molecule has 1 amide bonds. The van der Waals surface area contributed by atoms with E-state index in [1.54, 1.807) is 48.8 Å². The molecule has 0 bridgehead atoms. The number of benzene rings is 3. The number of fused-ring (bicyclic) bond motifs is 1. The topological polar surface area (TPSA) is 57.8 Å². The van der Waals surface area contributed by atoms with E-state index in [0.29, 0.717) is 48.9 Å². The van der Waals surface area contributed by atoms with Crippen LogP contribution in [0, 0.1) is 17.5 Å². The van der Waals surface area contributed by atoms with Gasteiger partial charge in [0.1, 0.15) is 17.5 Å². The van der Waals surface area contributed by atoms with Crippen molar-refractivity contribution >= 4 is 40.0 Å². The lowest BCUT2D eigenvalue weighted by molar-refractivity contribution is -0.121. The van der Waals surface area contributed by atoms with Crippen molar-refractivity contribution in [3.63, 3.8) is 0 Å². The number of hydrogen-bond acceptors (Lipinski definition) is 2. The lowest BCUT2D eigenvalue weighted by Gasteiger charge is -2.22. The zero-order valence-corrected chi connectivity index (χ0v) is 21.3. The Morgan fingerprint density at radius 2 is 1.71 bits per heavy atom. The second-order valence-corrected chi connectivity index (χ2v) is 9.69. The van der Waals surface area contributed by atoms with E-state index in [-0.39, 0.29) is 18.7 Å². The summed E-state index contributed by atoms with van der Waals surface area (Å²) < 4.78 is 41.8. The van der Waals surface area contributed by atoms with E-state index in [4.69, 9.17) is 23.2 Å². The highest BCUT2D eigenvalue weighted by molar-refractivity contribution is 6.36.